The zero-order chi connectivity index (χ0) is 21.8. The second-order valence-electron chi connectivity index (χ2n) is 11.1. The summed E-state index contributed by atoms with van der Waals surface area (Å²) in [7, 11) is 1.84. The zero-order valence-corrected chi connectivity index (χ0v) is 20.3. The average Bonchev–Trinajstić information content (AvgIpc) is 3.03. The van der Waals surface area contributed by atoms with Gasteiger partial charge in [-0.05, 0) is 101 Å². The Hall–Kier alpha value is -1.08. The number of unbranched alkanes of at least 4 members (excludes halogenated alkanes) is 1. The highest BCUT2D eigenvalue weighted by atomic mass is 16.5. The predicted molar refractivity (Wildman–Crippen MR) is 131 cm³/mol. The first kappa shape index (κ1) is 23.6. The Morgan fingerprint density at radius 1 is 1.07 bits per heavy atom. The van der Waals surface area contributed by atoms with E-state index in [1.807, 2.05) is 7.11 Å². The van der Waals surface area contributed by atoms with Crippen LogP contribution >= 0.6 is 0 Å². The van der Waals surface area contributed by atoms with Gasteiger partial charge < -0.3 is 4.74 Å². The van der Waals surface area contributed by atoms with E-state index < -0.39 is 0 Å². The molecule has 0 aliphatic heterocycles. The van der Waals surface area contributed by atoms with Crippen molar-refractivity contribution in [3.05, 3.63) is 48.1 Å². The molecule has 0 saturated heterocycles. The van der Waals surface area contributed by atoms with Crippen LogP contribution in [0.3, 0.4) is 0 Å². The SMILES string of the molecule is C=C[C@@]12CC[C@H](CCCCC(C)(C)OC)[C@@]1(C)CCC/C2=C\C=C1\CCCCC1=C. The maximum atomic E-state index is 5.61. The number of ether oxygens (including phenoxy) is 1. The normalized spacial score (nSPS) is 35.1. The Labute approximate surface area is 186 Å². The lowest BCUT2D eigenvalue weighted by Gasteiger charge is -2.50. The van der Waals surface area contributed by atoms with Crippen molar-refractivity contribution in [2.24, 2.45) is 16.7 Å². The van der Waals surface area contributed by atoms with E-state index in [4.69, 9.17) is 4.74 Å². The van der Waals surface area contributed by atoms with Crippen molar-refractivity contribution in [1.82, 2.24) is 0 Å². The molecule has 0 bridgehead atoms. The number of rotatable bonds is 8. The van der Waals surface area contributed by atoms with Crippen LogP contribution in [0.15, 0.2) is 48.1 Å². The number of methoxy groups -OCH3 is 1. The van der Waals surface area contributed by atoms with Crippen LogP contribution in [0, 0.1) is 16.7 Å². The van der Waals surface area contributed by atoms with E-state index in [2.05, 4.69) is 52.2 Å². The van der Waals surface area contributed by atoms with Gasteiger partial charge in [0.1, 0.15) is 0 Å². The molecule has 0 spiro atoms. The summed E-state index contributed by atoms with van der Waals surface area (Å²) >= 11 is 0. The zero-order valence-electron chi connectivity index (χ0n) is 20.3. The van der Waals surface area contributed by atoms with E-state index in [9.17, 15) is 0 Å². The van der Waals surface area contributed by atoms with Crippen LogP contribution in [0.25, 0.3) is 0 Å². The van der Waals surface area contributed by atoms with Gasteiger partial charge in [-0.3, -0.25) is 0 Å². The average molecular weight is 411 g/mol. The molecule has 30 heavy (non-hydrogen) atoms. The molecule has 0 N–H and O–H groups in total. The molecule has 0 aromatic carbocycles. The monoisotopic (exact) mass is 410 g/mol. The molecule has 3 atom stereocenters. The summed E-state index contributed by atoms with van der Waals surface area (Å²) in [5.41, 5.74) is 5.11. The van der Waals surface area contributed by atoms with Gasteiger partial charge in [-0.15, -0.1) is 6.58 Å². The molecule has 0 amide bonds. The van der Waals surface area contributed by atoms with E-state index in [1.165, 1.54) is 88.2 Å². The standard InChI is InChI=1S/C29H46O/c1-7-29-22-19-25(15-10-11-20-27(3,4)30-6)28(29,5)21-12-16-26(29)18-17-24-14-9-8-13-23(24)2/h7,17-18,25H,1-2,8-16,19-22H2,3-6H3/b24-17-,26-18+/t25-,28+,29-/m0/s1. The molecule has 3 rings (SSSR count). The molecular formula is C29H46O. The van der Waals surface area contributed by atoms with Crippen LogP contribution in [0.4, 0.5) is 0 Å². The van der Waals surface area contributed by atoms with Gasteiger partial charge in [0, 0.05) is 12.5 Å². The van der Waals surface area contributed by atoms with Crippen molar-refractivity contribution in [1.29, 1.82) is 0 Å². The fraction of sp³-hybridized carbons (Fsp3) is 0.724. The highest BCUT2D eigenvalue weighted by molar-refractivity contribution is 5.39. The molecule has 168 valence electrons. The molecular weight excluding hydrogens is 364 g/mol. The fourth-order valence-corrected chi connectivity index (χ4v) is 6.79. The van der Waals surface area contributed by atoms with Gasteiger partial charge in [0.2, 0.25) is 0 Å². The lowest BCUT2D eigenvalue weighted by Crippen LogP contribution is -2.42. The Balaban J connectivity index is 1.73. The third kappa shape index (κ3) is 4.57. The summed E-state index contributed by atoms with van der Waals surface area (Å²) in [5.74, 6) is 0.821. The van der Waals surface area contributed by atoms with Gasteiger partial charge in [0.15, 0.2) is 0 Å². The molecule has 0 aromatic rings. The van der Waals surface area contributed by atoms with Crippen molar-refractivity contribution in [3.8, 4) is 0 Å². The summed E-state index contributed by atoms with van der Waals surface area (Å²) in [4.78, 5) is 0. The van der Waals surface area contributed by atoms with Crippen molar-refractivity contribution in [3.63, 3.8) is 0 Å². The number of allylic oxidation sites excluding steroid dienone is 6. The maximum absolute atomic E-state index is 5.61. The van der Waals surface area contributed by atoms with Crippen LogP contribution in [0.2, 0.25) is 0 Å². The number of hydrogen-bond donors (Lipinski definition) is 0. The molecule has 1 nitrogen and oxygen atoms in total. The smallest absolute Gasteiger partial charge is 0.0622 e. The number of fused-ring (bicyclic) bond motifs is 1. The van der Waals surface area contributed by atoms with Gasteiger partial charge in [-0.2, -0.15) is 0 Å². The fourth-order valence-electron chi connectivity index (χ4n) is 6.79. The minimum atomic E-state index is 0.0157. The van der Waals surface area contributed by atoms with Gasteiger partial charge in [0.25, 0.3) is 0 Å². The number of hydrogen-bond acceptors (Lipinski definition) is 1. The molecule has 0 unspecified atom stereocenters. The van der Waals surface area contributed by atoms with Crippen LogP contribution in [-0.4, -0.2) is 12.7 Å². The first-order valence-corrected chi connectivity index (χ1v) is 12.6. The quantitative estimate of drug-likeness (QED) is 0.287. The van der Waals surface area contributed by atoms with Gasteiger partial charge in [-0.25, -0.2) is 0 Å². The van der Waals surface area contributed by atoms with Crippen molar-refractivity contribution < 1.29 is 4.74 Å². The maximum Gasteiger partial charge on any atom is 0.0622 e. The van der Waals surface area contributed by atoms with Crippen LogP contribution < -0.4 is 0 Å². The van der Waals surface area contributed by atoms with Gasteiger partial charge >= 0.3 is 0 Å². The second kappa shape index (κ2) is 9.60. The van der Waals surface area contributed by atoms with Gasteiger partial charge in [-0.1, -0.05) is 55.7 Å². The summed E-state index contributed by atoms with van der Waals surface area (Å²) in [6.07, 6.45) is 24.0. The molecule has 3 fully saturated rings. The van der Waals surface area contributed by atoms with E-state index in [0.29, 0.717) is 5.41 Å². The Bertz CT molecular complexity index is 693. The summed E-state index contributed by atoms with van der Waals surface area (Å²) in [6.45, 7) is 15.7. The lowest BCUT2D eigenvalue weighted by molar-refractivity contribution is 0.0123. The second-order valence-corrected chi connectivity index (χ2v) is 11.1. The van der Waals surface area contributed by atoms with E-state index >= 15 is 0 Å². The minimum absolute atomic E-state index is 0.0157. The predicted octanol–water partition coefficient (Wildman–Crippen LogP) is 8.73. The van der Waals surface area contributed by atoms with Crippen molar-refractivity contribution >= 4 is 0 Å². The van der Waals surface area contributed by atoms with E-state index in [-0.39, 0.29) is 11.0 Å². The topological polar surface area (TPSA) is 9.23 Å². The first-order chi connectivity index (χ1) is 14.3. The molecule has 1 heteroatoms. The largest absolute Gasteiger partial charge is 0.379 e. The van der Waals surface area contributed by atoms with E-state index in [0.717, 1.165) is 12.3 Å². The van der Waals surface area contributed by atoms with E-state index in [1.54, 1.807) is 5.57 Å². The Morgan fingerprint density at radius 3 is 2.53 bits per heavy atom. The molecule has 0 radical (unpaired) electrons. The molecule has 3 aliphatic carbocycles. The summed E-state index contributed by atoms with van der Waals surface area (Å²) in [5, 5.41) is 0. The summed E-state index contributed by atoms with van der Waals surface area (Å²) in [6, 6.07) is 0. The van der Waals surface area contributed by atoms with Crippen LogP contribution in [0.5, 0.6) is 0 Å². The van der Waals surface area contributed by atoms with Gasteiger partial charge in [0.05, 0.1) is 5.60 Å². The third-order valence-corrected chi connectivity index (χ3v) is 9.12. The Kier molecular flexibility index (Phi) is 7.54. The molecule has 0 heterocycles. The van der Waals surface area contributed by atoms with Crippen LogP contribution in [-0.2, 0) is 4.74 Å². The summed E-state index contributed by atoms with van der Waals surface area (Å²) < 4.78 is 5.61. The third-order valence-electron chi connectivity index (χ3n) is 9.12. The highest BCUT2D eigenvalue weighted by Gasteiger charge is 2.57. The lowest BCUT2D eigenvalue weighted by atomic mass is 9.53. The minimum Gasteiger partial charge on any atom is -0.379 e. The van der Waals surface area contributed by atoms with Crippen molar-refractivity contribution in [2.75, 3.05) is 7.11 Å². The van der Waals surface area contributed by atoms with Crippen LogP contribution in [0.1, 0.15) is 104 Å². The molecule has 0 aromatic heterocycles. The molecule has 3 aliphatic rings. The van der Waals surface area contributed by atoms with Crippen molar-refractivity contribution in [2.45, 2.75) is 110 Å². The Morgan fingerprint density at radius 2 is 1.83 bits per heavy atom. The molecule has 3 saturated carbocycles. The highest BCUT2D eigenvalue weighted by Crippen LogP contribution is 2.67. The first-order valence-electron chi connectivity index (χ1n) is 12.6.